The third kappa shape index (κ3) is 5.34. The summed E-state index contributed by atoms with van der Waals surface area (Å²) in [6.07, 6.45) is 0. The van der Waals surface area contributed by atoms with Gasteiger partial charge in [-0.1, -0.05) is 26.1 Å². The molecule has 1 aliphatic rings. The Bertz CT molecular complexity index is 286. The molecule has 0 aromatic heterocycles. The van der Waals surface area contributed by atoms with Crippen LogP contribution < -0.4 is 5.73 Å². The third-order valence-corrected chi connectivity index (χ3v) is 4.27. The van der Waals surface area contributed by atoms with E-state index in [1.54, 1.807) is 0 Å². The molecule has 5 heteroatoms. The monoisotopic (exact) mass is 287 g/mol. The molecule has 0 aliphatic carbocycles. The molecule has 1 rings (SSSR count). The molecule has 2 N–H and O–H groups in total. The average Bonchev–Trinajstić information content (AvgIpc) is 2.35. The van der Waals surface area contributed by atoms with E-state index in [1.807, 2.05) is 0 Å². The van der Waals surface area contributed by atoms with E-state index in [2.05, 4.69) is 37.5 Å². The van der Waals surface area contributed by atoms with Gasteiger partial charge in [-0.15, -0.1) is 0 Å². The molecule has 112 valence electrons. The van der Waals surface area contributed by atoms with Gasteiger partial charge in [0.15, 0.2) is 0 Å². The second-order valence-corrected chi connectivity index (χ2v) is 6.66. The number of thiocarbonyl (C=S) groups is 1. The van der Waals surface area contributed by atoms with E-state index < -0.39 is 0 Å². The molecule has 1 heterocycles. The summed E-state index contributed by atoms with van der Waals surface area (Å²) in [5.41, 5.74) is 5.65. The fraction of sp³-hybridized carbons (Fsp3) is 0.929. The van der Waals surface area contributed by atoms with E-state index in [4.69, 9.17) is 22.7 Å². The van der Waals surface area contributed by atoms with Crippen LogP contribution in [0.5, 0.6) is 0 Å². The molecule has 0 radical (unpaired) electrons. The summed E-state index contributed by atoms with van der Waals surface area (Å²) in [6, 6.07) is 0. The van der Waals surface area contributed by atoms with Gasteiger partial charge in [0, 0.05) is 39.3 Å². The maximum absolute atomic E-state index is 5.82. The van der Waals surface area contributed by atoms with Crippen LogP contribution in [0.1, 0.15) is 27.7 Å². The maximum Gasteiger partial charge on any atom is 0.0928 e. The minimum atomic E-state index is -0.171. The molecule has 0 atom stereocenters. The van der Waals surface area contributed by atoms with Crippen molar-refractivity contribution in [1.82, 2.24) is 9.80 Å². The highest BCUT2D eigenvalue weighted by atomic mass is 32.1. The molecule has 0 aromatic carbocycles. The van der Waals surface area contributed by atoms with Crippen LogP contribution in [0.15, 0.2) is 0 Å². The van der Waals surface area contributed by atoms with Gasteiger partial charge in [-0.2, -0.15) is 0 Å². The van der Waals surface area contributed by atoms with Crippen molar-refractivity contribution in [2.24, 2.45) is 11.7 Å². The molecule has 0 saturated carbocycles. The Kier molecular flexibility index (Phi) is 6.66. The van der Waals surface area contributed by atoms with Crippen LogP contribution in [0, 0.1) is 5.92 Å². The van der Waals surface area contributed by atoms with Crippen LogP contribution in [0.25, 0.3) is 0 Å². The zero-order chi connectivity index (χ0) is 14.5. The van der Waals surface area contributed by atoms with Crippen LogP contribution in [-0.2, 0) is 4.74 Å². The Morgan fingerprint density at radius 1 is 1.26 bits per heavy atom. The molecular formula is C14H29N3OS. The third-order valence-electron chi connectivity index (χ3n) is 3.77. The van der Waals surface area contributed by atoms with E-state index >= 15 is 0 Å². The second kappa shape index (κ2) is 7.53. The lowest BCUT2D eigenvalue weighted by Gasteiger charge is -2.43. The van der Waals surface area contributed by atoms with Gasteiger partial charge in [0.05, 0.1) is 17.1 Å². The van der Waals surface area contributed by atoms with E-state index in [0.717, 1.165) is 45.9 Å². The molecule has 1 aliphatic heterocycles. The highest BCUT2D eigenvalue weighted by Gasteiger charge is 2.31. The summed E-state index contributed by atoms with van der Waals surface area (Å²) in [5.74, 6) is 0.614. The number of rotatable bonds is 7. The fourth-order valence-corrected chi connectivity index (χ4v) is 2.33. The maximum atomic E-state index is 5.82. The fourth-order valence-electron chi connectivity index (χ4n) is 2.20. The first-order valence-electron chi connectivity index (χ1n) is 7.19. The summed E-state index contributed by atoms with van der Waals surface area (Å²) in [5, 5.41) is 0. The second-order valence-electron chi connectivity index (χ2n) is 6.22. The zero-order valence-corrected chi connectivity index (χ0v) is 13.6. The predicted molar refractivity (Wildman–Crippen MR) is 84.5 cm³/mol. The van der Waals surface area contributed by atoms with Crippen LogP contribution in [-0.4, -0.2) is 66.3 Å². The number of ether oxygens (including phenoxy) is 1. The lowest BCUT2D eigenvalue weighted by molar-refractivity contribution is 0.0489. The molecule has 0 aromatic rings. The largest absolute Gasteiger partial charge is 0.392 e. The van der Waals surface area contributed by atoms with Crippen LogP contribution in [0.4, 0.5) is 0 Å². The Morgan fingerprint density at radius 3 is 2.32 bits per heavy atom. The Balaban J connectivity index is 2.24. The van der Waals surface area contributed by atoms with Crippen molar-refractivity contribution < 1.29 is 4.74 Å². The van der Waals surface area contributed by atoms with Crippen molar-refractivity contribution in [3.63, 3.8) is 0 Å². The Labute approximate surface area is 123 Å². The topological polar surface area (TPSA) is 41.7 Å². The van der Waals surface area contributed by atoms with Crippen molar-refractivity contribution in [1.29, 1.82) is 0 Å². The van der Waals surface area contributed by atoms with E-state index in [1.165, 1.54) is 0 Å². The van der Waals surface area contributed by atoms with Gasteiger partial charge in [0.2, 0.25) is 0 Å². The van der Waals surface area contributed by atoms with E-state index in [9.17, 15) is 0 Å². The van der Waals surface area contributed by atoms with Crippen LogP contribution >= 0.6 is 12.2 Å². The van der Waals surface area contributed by atoms with Gasteiger partial charge >= 0.3 is 0 Å². The summed E-state index contributed by atoms with van der Waals surface area (Å²) >= 11 is 5.15. The lowest BCUT2D eigenvalue weighted by atomic mass is 10.0. The predicted octanol–water partition coefficient (Wildman–Crippen LogP) is 1.34. The molecule has 0 bridgehead atoms. The van der Waals surface area contributed by atoms with Gasteiger partial charge in [0.1, 0.15) is 0 Å². The number of nitrogens with two attached hydrogens (primary N) is 1. The van der Waals surface area contributed by atoms with Crippen molar-refractivity contribution >= 4 is 17.2 Å². The SMILES string of the molecule is CC(C)COCCN1CCN(C(C)(C)C(N)=S)CC1. The summed E-state index contributed by atoms with van der Waals surface area (Å²) < 4.78 is 5.63. The zero-order valence-electron chi connectivity index (χ0n) is 12.8. The number of hydrogen-bond acceptors (Lipinski definition) is 4. The molecule has 19 heavy (non-hydrogen) atoms. The summed E-state index contributed by atoms with van der Waals surface area (Å²) in [7, 11) is 0. The van der Waals surface area contributed by atoms with Crippen molar-refractivity contribution in [2.45, 2.75) is 33.2 Å². The quantitative estimate of drug-likeness (QED) is 0.565. The minimum Gasteiger partial charge on any atom is -0.392 e. The Hall–Kier alpha value is -0.230. The molecule has 1 saturated heterocycles. The van der Waals surface area contributed by atoms with Gasteiger partial charge in [-0.3, -0.25) is 9.80 Å². The minimum absolute atomic E-state index is 0.171. The molecule has 0 unspecified atom stereocenters. The number of hydrogen-bond donors (Lipinski definition) is 1. The lowest BCUT2D eigenvalue weighted by Crippen LogP contribution is -2.59. The normalized spacial score (nSPS) is 19.0. The van der Waals surface area contributed by atoms with Gasteiger partial charge in [-0.25, -0.2) is 0 Å². The average molecular weight is 287 g/mol. The first kappa shape index (κ1) is 16.8. The molecule has 0 spiro atoms. The smallest absolute Gasteiger partial charge is 0.0928 e. The van der Waals surface area contributed by atoms with Crippen molar-refractivity contribution in [2.75, 3.05) is 45.9 Å². The Morgan fingerprint density at radius 2 is 1.84 bits per heavy atom. The molecule has 0 amide bonds. The van der Waals surface area contributed by atoms with E-state index in [0.29, 0.717) is 10.9 Å². The summed E-state index contributed by atoms with van der Waals surface area (Å²) in [4.78, 5) is 5.41. The van der Waals surface area contributed by atoms with Gasteiger partial charge in [-0.05, 0) is 19.8 Å². The number of piperazine rings is 1. The molecule has 1 fully saturated rings. The van der Waals surface area contributed by atoms with Crippen LogP contribution in [0.3, 0.4) is 0 Å². The first-order valence-corrected chi connectivity index (χ1v) is 7.60. The highest BCUT2D eigenvalue weighted by Crippen LogP contribution is 2.17. The van der Waals surface area contributed by atoms with Crippen molar-refractivity contribution in [3.8, 4) is 0 Å². The standard InChI is InChI=1S/C14H29N3OS/c1-12(2)11-18-10-9-16-5-7-17(8-6-16)14(3,4)13(15)19/h12H,5-11H2,1-4H3,(H2,15,19). The van der Waals surface area contributed by atoms with Crippen molar-refractivity contribution in [3.05, 3.63) is 0 Å². The molecular weight excluding hydrogens is 258 g/mol. The van der Waals surface area contributed by atoms with Gasteiger partial charge in [0.25, 0.3) is 0 Å². The highest BCUT2D eigenvalue weighted by molar-refractivity contribution is 7.80. The van der Waals surface area contributed by atoms with Gasteiger partial charge < -0.3 is 10.5 Å². The first-order chi connectivity index (χ1) is 8.84. The number of nitrogens with zero attached hydrogens (tertiary/aromatic N) is 2. The van der Waals surface area contributed by atoms with Crippen LogP contribution in [0.2, 0.25) is 0 Å². The summed E-state index contributed by atoms with van der Waals surface area (Å²) in [6.45, 7) is 15.5. The molecule has 4 nitrogen and oxygen atoms in total. The van der Waals surface area contributed by atoms with E-state index in [-0.39, 0.29) is 5.54 Å².